The molecule has 0 amide bonds. The van der Waals surface area contributed by atoms with Crippen LogP contribution in [0.2, 0.25) is 0 Å². The minimum atomic E-state index is -4.28. The molecule has 1 N–H and O–H groups in total. The van der Waals surface area contributed by atoms with E-state index in [1.807, 2.05) is 6.92 Å². The van der Waals surface area contributed by atoms with Crippen molar-refractivity contribution in [1.82, 2.24) is 5.32 Å². The highest BCUT2D eigenvalue weighted by Crippen LogP contribution is 2.30. The van der Waals surface area contributed by atoms with Crippen LogP contribution in [0.15, 0.2) is 24.3 Å². The van der Waals surface area contributed by atoms with Crippen molar-refractivity contribution in [2.75, 3.05) is 13.1 Å². The van der Waals surface area contributed by atoms with Crippen molar-refractivity contribution in [2.24, 2.45) is 0 Å². The molecule has 1 fully saturated rings. The summed E-state index contributed by atoms with van der Waals surface area (Å²) in [5.74, 6) is 0. The lowest BCUT2D eigenvalue weighted by Gasteiger charge is -2.26. The van der Waals surface area contributed by atoms with Gasteiger partial charge in [-0.3, -0.25) is 0 Å². The lowest BCUT2D eigenvalue weighted by atomic mass is 10.1. The van der Waals surface area contributed by atoms with Crippen molar-refractivity contribution in [2.45, 2.75) is 38.1 Å². The molecule has 0 radical (unpaired) electrons. The summed E-state index contributed by atoms with van der Waals surface area (Å²) in [5, 5.41) is 3.25. The number of rotatable bonds is 3. The number of nitrogens with one attached hydrogen (secondary N) is 1. The summed E-state index contributed by atoms with van der Waals surface area (Å²) in [6.45, 7) is 3.75. The van der Waals surface area contributed by atoms with Crippen LogP contribution in [-0.2, 0) is 10.9 Å². The van der Waals surface area contributed by atoms with Gasteiger partial charge in [-0.1, -0.05) is 12.1 Å². The Balaban J connectivity index is 1.97. The second kappa shape index (κ2) is 5.92. The number of halogens is 3. The molecule has 0 saturated carbocycles. The van der Waals surface area contributed by atoms with Gasteiger partial charge in [0.25, 0.3) is 0 Å². The SMILES string of the molecule is CC(OC1CCNCC1)c1ccc(C(F)(F)F)cc1. The molecule has 1 heterocycles. The highest BCUT2D eigenvalue weighted by Gasteiger charge is 2.30. The Morgan fingerprint density at radius 3 is 2.26 bits per heavy atom. The first-order chi connectivity index (χ1) is 8.97. The van der Waals surface area contributed by atoms with E-state index in [1.165, 1.54) is 12.1 Å². The van der Waals surface area contributed by atoms with Crippen LogP contribution in [0.1, 0.15) is 37.0 Å². The number of hydrogen-bond acceptors (Lipinski definition) is 2. The molecule has 1 aliphatic heterocycles. The first kappa shape index (κ1) is 14.3. The first-order valence-corrected chi connectivity index (χ1v) is 6.50. The largest absolute Gasteiger partial charge is 0.416 e. The fourth-order valence-corrected chi connectivity index (χ4v) is 2.24. The zero-order valence-corrected chi connectivity index (χ0v) is 10.8. The van der Waals surface area contributed by atoms with Gasteiger partial charge in [0, 0.05) is 0 Å². The molecule has 0 spiro atoms. The molecule has 1 aliphatic rings. The molecule has 2 rings (SSSR count). The predicted octanol–water partition coefficient (Wildman–Crippen LogP) is 3.54. The minimum absolute atomic E-state index is 0.176. The fourth-order valence-electron chi connectivity index (χ4n) is 2.24. The Bertz CT molecular complexity index is 396. The second-order valence-electron chi connectivity index (χ2n) is 4.85. The molecule has 0 aliphatic carbocycles. The third kappa shape index (κ3) is 3.94. The van der Waals surface area contributed by atoms with Crippen molar-refractivity contribution in [1.29, 1.82) is 0 Å². The molecule has 0 aromatic heterocycles. The number of hydrogen-bond donors (Lipinski definition) is 1. The fraction of sp³-hybridized carbons (Fsp3) is 0.571. The van der Waals surface area contributed by atoms with Gasteiger partial charge in [0.15, 0.2) is 0 Å². The summed E-state index contributed by atoms with van der Waals surface area (Å²) in [7, 11) is 0. The van der Waals surface area contributed by atoms with E-state index >= 15 is 0 Å². The number of piperidine rings is 1. The normalized spacial score (nSPS) is 19.4. The van der Waals surface area contributed by atoms with Crippen molar-refractivity contribution >= 4 is 0 Å². The predicted molar refractivity (Wildman–Crippen MR) is 66.8 cm³/mol. The highest BCUT2D eigenvalue weighted by atomic mass is 19.4. The lowest BCUT2D eigenvalue weighted by molar-refractivity contribution is -0.137. The maximum Gasteiger partial charge on any atom is 0.416 e. The molecule has 2 nitrogen and oxygen atoms in total. The standard InChI is InChI=1S/C14H18F3NO/c1-10(19-13-6-8-18-9-7-13)11-2-4-12(5-3-11)14(15,16)17/h2-5,10,13,18H,6-9H2,1H3. The Labute approximate surface area is 111 Å². The van der Waals surface area contributed by atoms with Gasteiger partial charge in [0.2, 0.25) is 0 Å². The van der Waals surface area contributed by atoms with E-state index in [0.29, 0.717) is 0 Å². The molecular formula is C14H18F3NO. The third-order valence-electron chi connectivity index (χ3n) is 3.39. The summed E-state index contributed by atoms with van der Waals surface area (Å²) in [5.41, 5.74) is 0.164. The van der Waals surface area contributed by atoms with Gasteiger partial charge in [-0.05, 0) is 50.6 Å². The van der Waals surface area contributed by atoms with Crippen molar-refractivity contribution in [3.8, 4) is 0 Å². The van der Waals surface area contributed by atoms with Crippen LogP contribution in [-0.4, -0.2) is 19.2 Å². The van der Waals surface area contributed by atoms with Crippen molar-refractivity contribution in [3.05, 3.63) is 35.4 Å². The maximum absolute atomic E-state index is 12.5. The molecule has 1 aromatic carbocycles. The Hall–Kier alpha value is -1.07. The molecule has 1 atom stereocenters. The summed E-state index contributed by atoms with van der Waals surface area (Å²) in [4.78, 5) is 0. The molecule has 106 valence electrons. The smallest absolute Gasteiger partial charge is 0.370 e. The summed E-state index contributed by atoms with van der Waals surface area (Å²) in [6, 6.07) is 5.21. The van der Waals surface area contributed by atoms with E-state index in [1.54, 1.807) is 0 Å². The monoisotopic (exact) mass is 273 g/mol. The van der Waals surface area contributed by atoms with Gasteiger partial charge in [0.1, 0.15) is 0 Å². The average Bonchev–Trinajstić information content (AvgIpc) is 2.39. The van der Waals surface area contributed by atoms with Crippen molar-refractivity contribution < 1.29 is 17.9 Å². The van der Waals surface area contributed by atoms with Gasteiger partial charge >= 0.3 is 6.18 Å². The average molecular weight is 273 g/mol. The Morgan fingerprint density at radius 1 is 1.16 bits per heavy atom. The van der Waals surface area contributed by atoms with Crippen LogP contribution in [0.4, 0.5) is 13.2 Å². The molecule has 0 bridgehead atoms. The molecule has 1 aromatic rings. The van der Waals surface area contributed by atoms with Crippen LogP contribution in [0, 0.1) is 0 Å². The van der Waals surface area contributed by atoms with Crippen molar-refractivity contribution in [3.63, 3.8) is 0 Å². The molecule has 1 saturated heterocycles. The maximum atomic E-state index is 12.5. The van der Waals surface area contributed by atoms with Crippen LogP contribution < -0.4 is 5.32 Å². The Morgan fingerprint density at radius 2 is 1.74 bits per heavy atom. The van der Waals surface area contributed by atoms with Gasteiger partial charge in [-0.15, -0.1) is 0 Å². The highest BCUT2D eigenvalue weighted by molar-refractivity contribution is 5.25. The minimum Gasteiger partial charge on any atom is -0.370 e. The van der Waals surface area contributed by atoms with Gasteiger partial charge in [-0.25, -0.2) is 0 Å². The first-order valence-electron chi connectivity index (χ1n) is 6.50. The van der Waals surface area contributed by atoms with Gasteiger partial charge in [0.05, 0.1) is 17.8 Å². The zero-order chi connectivity index (χ0) is 13.9. The number of benzene rings is 1. The van der Waals surface area contributed by atoms with Crippen LogP contribution in [0.3, 0.4) is 0 Å². The van der Waals surface area contributed by atoms with E-state index in [2.05, 4.69) is 5.32 Å². The topological polar surface area (TPSA) is 21.3 Å². The molecular weight excluding hydrogens is 255 g/mol. The second-order valence-corrected chi connectivity index (χ2v) is 4.85. The Kier molecular flexibility index (Phi) is 4.47. The summed E-state index contributed by atoms with van der Waals surface area (Å²) in [6.07, 6.45) is -2.36. The van der Waals surface area contributed by atoms with Crippen LogP contribution in [0.5, 0.6) is 0 Å². The van der Waals surface area contributed by atoms with Gasteiger partial charge < -0.3 is 10.1 Å². The van der Waals surface area contributed by atoms with E-state index < -0.39 is 11.7 Å². The number of ether oxygens (including phenoxy) is 1. The van der Waals surface area contributed by atoms with Crippen LogP contribution in [0.25, 0.3) is 0 Å². The summed E-state index contributed by atoms with van der Waals surface area (Å²) >= 11 is 0. The van der Waals surface area contributed by atoms with E-state index in [4.69, 9.17) is 4.74 Å². The van der Waals surface area contributed by atoms with E-state index in [9.17, 15) is 13.2 Å². The number of alkyl halides is 3. The van der Waals surface area contributed by atoms with E-state index in [0.717, 1.165) is 43.6 Å². The molecule has 1 unspecified atom stereocenters. The van der Waals surface area contributed by atoms with Gasteiger partial charge in [-0.2, -0.15) is 13.2 Å². The molecule has 5 heteroatoms. The zero-order valence-electron chi connectivity index (χ0n) is 10.8. The van der Waals surface area contributed by atoms with Crippen LogP contribution >= 0.6 is 0 Å². The quantitative estimate of drug-likeness (QED) is 0.909. The lowest BCUT2D eigenvalue weighted by Crippen LogP contribution is -2.33. The van der Waals surface area contributed by atoms with E-state index in [-0.39, 0.29) is 12.2 Å². The third-order valence-corrected chi connectivity index (χ3v) is 3.39. The summed E-state index contributed by atoms with van der Waals surface area (Å²) < 4.78 is 43.2. The molecule has 19 heavy (non-hydrogen) atoms.